The predicted octanol–water partition coefficient (Wildman–Crippen LogP) is 1.84. The van der Waals surface area contributed by atoms with E-state index < -0.39 is 0 Å². The zero-order valence-electron chi connectivity index (χ0n) is 11.5. The molecule has 0 fully saturated rings. The maximum atomic E-state index is 6.10. The topological polar surface area (TPSA) is 81.1 Å². The molecule has 1 unspecified atom stereocenters. The molecule has 0 aliphatic carbocycles. The van der Waals surface area contributed by atoms with Crippen molar-refractivity contribution < 1.29 is 4.52 Å². The van der Waals surface area contributed by atoms with E-state index in [1.54, 1.807) is 6.20 Å². The van der Waals surface area contributed by atoms with Gasteiger partial charge < -0.3 is 15.2 Å². The Morgan fingerprint density at radius 2 is 2.16 bits per heavy atom. The highest BCUT2D eigenvalue weighted by molar-refractivity contribution is 7.14. The maximum absolute atomic E-state index is 6.10. The molecule has 2 heterocycles. The molecule has 0 radical (unpaired) electrons. The molecule has 0 aliphatic heterocycles. The largest absolute Gasteiger partial charge is 0.333 e. The van der Waals surface area contributed by atoms with Crippen molar-refractivity contribution in [1.29, 1.82) is 0 Å². The van der Waals surface area contributed by atoms with E-state index in [9.17, 15) is 0 Å². The van der Waals surface area contributed by atoms with Gasteiger partial charge in [0.2, 0.25) is 0 Å². The fraction of sp³-hybridized carbons (Fsp3) is 0.583. The average molecular weight is 281 g/mol. The first-order chi connectivity index (χ1) is 9.13. The molecule has 7 heteroatoms. The highest BCUT2D eigenvalue weighted by Crippen LogP contribution is 2.24. The van der Waals surface area contributed by atoms with Crippen LogP contribution in [0.1, 0.15) is 30.7 Å². The number of aryl methyl sites for hydroxylation is 1. The molecular weight excluding hydrogens is 262 g/mol. The van der Waals surface area contributed by atoms with Crippen molar-refractivity contribution in [3.63, 3.8) is 0 Å². The Kier molecular flexibility index (Phi) is 4.62. The van der Waals surface area contributed by atoms with E-state index in [-0.39, 0.29) is 6.04 Å². The minimum absolute atomic E-state index is 0.230. The summed E-state index contributed by atoms with van der Waals surface area (Å²) in [4.78, 5) is 11.6. The van der Waals surface area contributed by atoms with Gasteiger partial charge in [0, 0.05) is 6.54 Å². The normalized spacial score (nSPS) is 13.1. The molecule has 0 spiro atoms. The van der Waals surface area contributed by atoms with E-state index in [4.69, 9.17) is 10.3 Å². The van der Waals surface area contributed by atoms with Crippen LogP contribution in [0.4, 0.5) is 0 Å². The van der Waals surface area contributed by atoms with E-state index in [1.165, 1.54) is 11.3 Å². The molecule has 0 aromatic carbocycles. The number of thiazole rings is 1. The maximum Gasteiger partial charge on any atom is 0.269 e. The lowest BCUT2D eigenvalue weighted by Gasteiger charge is -2.20. The van der Waals surface area contributed by atoms with Gasteiger partial charge in [-0.2, -0.15) is 4.98 Å². The van der Waals surface area contributed by atoms with Crippen molar-refractivity contribution in [3.8, 4) is 10.8 Å². The molecule has 104 valence electrons. The molecule has 19 heavy (non-hydrogen) atoms. The highest BCUT2D eigenvalue weighted by atomic mass is 32.1. The molecule has 2 aromatic heterocycles. The fourth-order valence-corrected chi connectivity index (χ4v) is 2.49. The first kappa shape index (κ1) is 14.1. The van der Waals surface area contributed by atoms with Gasteiger partial charge in [-0.05, 0) is 20.0 Å². The molecule has 2 N–H and O–H groups in total. The van der Waals surface area contributed by atoms with Crippen LogP contribution in [0.5, 0.6) is 0 Å². The molecule has 0 aliphatic rings. The Morgan fingerprint density at radius 3 is 2.74 bits per heavy atom. The predicted molar refractivity (Wildman–Crippen MR) is 74.9 cm³/mol. The van der Waals surface area contributed by atoms with Gasteiger partial charge in [0.1, 0.15) is 4.88 Å². The number of nitrogens with zero attached hydrogens (tertiary/aromatic N) is 4. The van der Waals surface area contributed by atoms with Crippen molar-refractivity contribution in [2.75, 3.05) is 19.6 Å². The third kappa shape index (κ3) is 3.37. The lowest BCUT2D eigenvalue weighted by Crippen LogP contribution is -2.32. The molecule has 0 amide bonds. The summed E-state index contributed by atoms with van der Waals surface area (Å²) in [5, 5.41) is 4.94. The average Bonchev–Trinajstić information content (AvgIpc) is 3.04. The van der Waals surface area contributed by atoms with Crippen molar-refractivity contribution in [1.82, 2.24) is 20.0 Å². The second kappa shape index (κ2) is 6.23. The van der Waals surface area contributed by atoms with E-state index >= 15 is 0 Å². The minimum atomic E-state index is -0.230. The van der Waals surface area contributed by atoms with Crippen LogP contribution >= 0.6 is 11.3 Å². The Labute approximate surface area is 116 Å². The van der Waals surface area contributed by atoms with Crippen LogP contribution < -0.4 is 5.73 Å². The Balaban J connectivity index is 2.08. The van der Waals surface area contributed by atoms with Gasteiger partial charge in [-0.15, -0.1) is 11.3 Å². The summed E-state index contributed by atoms with van der Waals surface area (Å²) in [6.45, 7) is 8.81. The minimum Gasteiger partial charge on any atom is -0.333 e. The fourth-order valence-electron chi connectivity index (χ4n) is 1.79. The van der Waals surface area contributed by atoms with Crippen molar-refractivity contribution in [3.05, 3.63) is 17.0 Å². The summed E-state index contributed by atoms with van der Waals surface area (Å²) < 4.78 is 5.24. The quantitative estimate of drug-likeness (QED) is 0.870. The standard InChI is InChI=1S/C12H19N5OS/c1-4-17(5-2)7-9(13)11-15-12(18-16-11)10-6-14-8(3)19-10/h6,9H,4-5,7,13H2,1-3H3. The number of likely N-dealkylation sites (N-methyl/N-ethyl adjacent to an activating group) is 1. The molecule has 2 rings (SSSR count). The van der Waals surface area contributed by atoms with E-state index in [0.29, 0.717) is 11.7 Å². The van der Waals surface area contributed by atoms with Gasteiger partial charge in [-0.3, -0.25) is 0 Å². The Morgan fingerprint density at radius 1 is 1.42 bits per heavy atom. The number of hydrogen-bond donors (Lipinski definition) is 1. The number of rotatable bonds is 6. The summed E-state index contributed by atoms with van der Waals surface area (Å²) in [6.07, 6.45) is 1.74. The van der Waals surface area contributed by atoms with Crippen LogP contribution in [-0.4, -0.2) is 39.7 Å². The van der Waals surface area contributed by atoms with Crippen molar-refractivity contribution in [2.24, 2.45) is 5.73 Å². The molecular formula is C12H19N5OS. The van der Waals surface area contributed by atoms with Gasteiger partial charge in [0.05, 0.1) is 17.2 Å². The first-order valence-electron chi connectivity index (χ1n) is 6.38. The zero-order valence-corrected chi connectivity index (χ0v) is 12.3. The van der Waals surface area contributed by atoms with Crippen LogP contribution in [0, 0.1) is 6.92 Å². The van der Waals surface area contributed by atoms with Gasteiger partial charge in [0.25, 0.3) is 5.89 Å². The third-order valence-electron chi connectivity index (χ3n) is 2.95. The van der Waals surface area contributed by atoms with Gasteiger partial charge in [0.15, 0.2) is 5.82 Å². The van der Waals surface area contributed by atoms with E-state index in [2.05, 4.69) is 33.9 Å². The second-order valence-corrected chi connectivity index (χ2v) is 5.53. The summed E-state index contributed by atoms with van der Waals surface area (Å²) in [5.41, 5.74) is 6.10. The first-order valence-corrected chi connectivity index (χ1v) is 7.20. The molecule has 0 bridgehead atoms. The third-order valence-corrected chi connectivity index (χ3v) is 3.86. The molecule has 2 aromatic rings. The lowest BCUT2D eigenvalue weighted by atomic mass is 10.2. The molecule has 1 atom stereocenters. The van der Waals surface area contributed by atoms with Crippen molar-refractivity contribution >= 4 is 11.3 Å². The number of aromatic nitrogens is 3. The van der Waals surface area contributed by atoms with Crippen LogP contribution in [0.15, 0.2) is 10.7 Å². The van der Waals surface area contributed by atoms with E-state index in [0.717, 1.165) is 29.5 Å². The SMILES string of the molecule is CCN(CC)CC(N)c1noc(-c2cnc(C)s2)n1. The van der Waals surface area contributed by atoms with E-state index in [1.807, 2.05) is 6.92 Å². The zero-order chi connectivity index (χ0) is 13.8. The van der Waals surface area contributed by atoms with Crippen LogP contribution in [0.25, 0.3) is 10.8 Å². The Bertz CT molecular complexity index is 520. The highest BCUT2D eigenvalue weighted by Gasteiger charge is 2.18. The molecule has 0 saturated heterocycles. The molecule has 6 nitrogen and oxygen atoms in total. The second-order valence-electron chi connectivity index (χ2n) is 4.29. The summed E-state index contributed by atoms with van der Waals surface area (Å²) in [7, 11) is 0. The lowest BCUT2D eigenvalue weighted by molar-refractivity contribution is 0.278. The van der Waals surface area contributed by atoms with Crippen LogP contribution in [0.3, 0.4) is 0 Å². The van der Waals surface area contributed by atoms with Gasteiger partial charge in [-0.25, -0.2) is 4.98 Å². The number of nitrogens with two attached hydrogens (primary N) is 1. The van der Waals surface area contributed by atoms with Crippen LogP contribution in [0.2, 0.25) is 0 Å². The Hall–Kier alpha value is -1.31. The van der Waals surface area contributed by atoms with Gasteiger partial charge >= 0.3 is 0 Å². The summed E-state index contributed by atoms with van der Waals surface area (Å²) in [5.74, 6) is 1.04. The summed E-state index contributed by atoms with van der Waals surface area (Å²) in [6, 6.07) is -0.230. The van der Waals surface area contributed by atoms with Crippen LogP contribution in [-0.2, 0) is 0 Å². The van der Waals surface area contributed by atoms with Gasteiger partial charge in [-0.1, -0.05) is 19.0 Å². The number of hydrogen-bond acceptors (Lipinski definition) is 7. The smallest absolute Gasteiger partial charge is 0.269 e. The van der Waals surface area contributed by atoms with Crippen molar-refractivity contribution in [2.45, 2.75) is 26.8 Å². The summed E-state index contributed by atoms with van der Waals surface area (Å²) >= 11 is 1.53. The molecule has 0 saturated carbocycles. The monoisotopic (exact) mass is 281 g/mol.